The van der Waals surface area contributed by atoms with Crippen molar-refractivity contribution < 1.29 is 23.4 Å². The number of fused-ring (bicyclic) bond motifs is 1. The molecule has 0 bridgehead atoms. The maximum atomic E-state index is 15.2. The Hall–Kier alpha value is -2.58. The van der Waals surface area contributed by atoms with Gasteiger partial charge < -0.3 is 15.2 Å². The lowest BCUT2D eigenvalue weighted by atomic mass is 9.94. The number of aryl methyl sites for hydroxylation is 2. The molecule has 200 valence electrons. The van der Waals surface area contributed by atoms with E-state index in [2.05, 4.69) is 17.4 Å². The molecular formula is C29H37F2N3O3. The second-order valence-electron chi connectivity index (χ2n) is 10.7. The summed E-state index contributed by atoms with van der Waals surface area (Å²) in [6.45, 7) is 2.42. The third kappa shape index (κ3) is 6.12. The Morgan fingerprint density at radius 1 is 1.22 bits per heavy atom. The van der Waals surface area contributed by atoms with Crippen molar-refractivity contribution in [3.63, 3.8) is 0 Å². The molecule has 6 nitrogen and oxygen atoms in total. The largest absolute Gasteiger partial charge is 0.480 e. The lowest BCUT2D eigenvalue weighted by Crippen LogP contribution is -2.34. The normalized spacial score (nSPS) is 23.4. The molecule has 4 atom stereocenters. The number of nitrogens with zero attached hydrogens (tertiary/aromatic N) is 2. The summed E-state index contributed by atoms with van der Waals surface area (Å²) in [5, 5.41) is 13.5. The Kier molecular flexibility index (Phi) is 8.35. The topological polar surface area (TPSA) is 74.7 Å². The molecule has 0 aliphatic carbocycles. The standard InChI is InChI=1S/C29H37F2N3O3/c30-21-10-12-23(26-8-4-16-37-26)24(17-21)27(29(35)36)34-15-13-20(18-34)25(31)7-2-1-6-22-11-9-19-5-3-14-32-28(19)33-22/h9-12,17,20,25-27H,1-8,13-16,18H2,(H,32,33)(H,35,36)/t20-,25-,26+,27+/m1/s1. The van der Waals surface area contributed by atoms with Crippen LogP contribution in [0.1, 0.15) is 79.5 Å². The number of hydrogen-bond acceptors (Lipinski definition) is 5. The van der Waals surface area contributed by atoms with Gasteiger partial charge in [0.1, 0.15) is 23.8 Å². The SMILES string of the molecule is O=C(O)[C@H](c1cc(F)ccc1[C@@H]1CCCO1)N1CC[C@@H]([C@H](F)CCCCc2ccc3c(n2)NCCC3)C1. The number of rotatable bonds is 10. The lowest BCUT2D eigenvalue weighted by molar-refractivity contribution is -0.143. The van der Waals surface area contributed by atoms with Gasteiger partial charge in [-0.1, -0.05) is 18.6 Å². The summed E-state index contributed by atoms with van der Waals surface area (Å²) >= 11 is 0. The molecule has 0 amide bonds. The average molecular weight is 514 g/mol. The average Bonchev–Trinajstić information content (AvgIpc) is 3.60. The molecule has 1 aromatic carbocycles. The predicted molar refractivity (Wildman–Crippen MR) is 138 cm³/mol. The molecule has 0 saturated carbocycles. The Balaban J connectivity index is 1.16. The van der Waals surface area contributed by atoms with Crippen LogP contribution in [-0.4, -0.2) is 53.4 Å². The van der Waals surface area contributed by atoms with Crippen LogP contribution < -0.4 is 5.32 Å². The quantitative estimate of drug-likeness (QED) is 0.401. The zero-order valence-corrected chi connectivity index (χ0v) is 21.3. The Bertz CT molecular complexity index is 1090. The van der Waals surface area contributed by atoms with Crippen LogP contribution in [0.25, 0.3) is 0 Å². The van der Waals surface area contributed by atoms with Gasteiger partial charge in [-0.3, -0.25) is 9.69 Å². The van der Waals surface area contributed by atoms with E-state index >= 15 is 4.39 Å². The van der Waals surface area contributed by atoms with Gasteiger partial charge in [0.15, 0.2) is 0 Å². The van der Waals surface area contributed by atoms with Crippen LogP contribution in [0.15, 0.2) is 30.3 Å². The summed E-state index contributed by atoms with van der Waals surface area (Å²) in [4.78, 5) is 18.9. The summed E-state index contributed by atoms with van der Waals surface area (Å²) < 4.78 is 35.2. The number of hydrogen-bond donors (Lipinski definition) is 2. The number of carboxylic acids is 1. The van der Waals surface area contributed by atoms with Crippen LogP contribution in [0.4, 0.5) is 14.6 Å². The maximum Gasteiger partial charge on any atom is 0.325 e. The number of carboxylic acid groups (broad SMARTS) is 1. The number of pyridine rings is 1. The second-order valence-corrected chi connectivity index (χ2v) is 10.7. The third-order valence-corrected chi connectivity index (χ3v) is 8.10. The summed E-state index contributed by atoms with van der Waals surface area (Å²) in [7, 11) is 0. The van der Waals surface area contributed by atoms with E-state index in [0.29, 0.717) is 38.1 Å². The van der Waals surface area contributed by atoms with Crippen molar-refractivity contribution >= 4 is 11.8 Å². The molecule has 5 rings (SSSR count). The fourth-order valence-electron chi connectivity index (χ4n) is 6.12. The summed E-state index contributed by atoms with van der Waals surface area (Å²) in [5.74, 6) is -0.723. The zero-order valence-electron chi connectivity index (χ0n) is 21.3. The molecule has 0 spiro atoms. The van der Waals surface area contributed by atoms with Gasteiger partial charge in [0.2, 0.25) is 0 Å². The monoisotopic (exact) mass is 513 g/mol. The van der Waals surface area contributed by atoms with Crippen molar-refractivity contribution in [1.29, 1.82) is 0 Å². The van der Waals surface area contributed by atoms with Crippen molar-refractivity contribution in [1.82, 2.24) is 9.88 Å². The molecular weight excluding hydrogens is 476 g/mol. The molecule has 0 unspecified atom stereocenters. The van der Waals surface area contributed by atoms with Gasteiger partial charge in [0.05, 0.1) is 6.10 Å². The van der Waals surface area contributed by atoms with Crippen molar-refractivity contribution in [2.45, 2.75) is 76.1 Å². The Morgan fingerprint density at radius 3 is 2.92 bits per heavy atom. The van der Waals surface area contributed by atoms with Crippen molar-refractivity contribution in [2.75, 3.05) is 31.6 Å². The van der Waals surface area contributed by atoms with Gasteiger partial charge in [-0.15, -0.1) is 0 Å². The fraction of sp³-hybridized carbons (Fsp3) is 0.586. The molecule has 2 N–H and O–H groups in total. The van der Waals surface area contributed by atoms with Gasteiger partial charge in [-0.05, 0) is 92.8 Å². The highest BCUT2D eigenvalue weighted by Gasteiger charge is 2.38. The first-order chi connectivity index (χ1) is 18.0. The highest BCUT2D eigenvalue weighted by molar-refractivity contribution is 5.76. The minimum atomic E-state index is -1.03. The van der Waals surface area contributed by atoms with Gasteiger partial charge in [0, 0.05) is 31.3 Å². The maximum absolute atomic E-state index is 15.2. The summed E-state index contributed by atoms with van der Waals surface area (Å²) in [5.41, 5.74) is 3.47. The first-order valence-electron chi connectivity index (χ1n) is 13.7. The van der Waals surface area contributed by atoms with Crippen LogP contribution in [0.2, 0.25) is 0 Å². The summed E-state index contributed by atoms with van der Waals surface area (Å²) in [6.07, 6.45) is 6.21. The number of nitrogens with one attached hydrogen (secondary N) is 1. The molecule has 2 saturated heterocycles. The lowest BCUT2D eigenvalue weighted by Gasteiger charge is -2.28. The summed E-state index contributed by atoms with van der Waals surface area (Å²) in [6, 6.07) is 7.56. The van der Waals surface area contributed by atoms with E-state index in [1.165, 1.54) is 17.7 Å². The van der Waals surface area contributed by atoms with E-state index in [4.69, 9.17) is 9.72 Å². The Morgan fingerprint density at radius 2 is 2.11 bits per heavy atom. The molecule has 1 aromatic heterocycles. The smallest absolute Gasteiger partial charge is 0.325 e. The number of alkyl halides is 1. The molecule has 3 aliphatic heterocycles. The number of anilines is 1. The van der Waals surface area contributed by atoms with Crippen molar-refractivity contribution in [2.24, 2.45) is 5.92 Å². The highest BCUT2D eigenvalue weighted by atomic mass is 19.1. The van der Waals surface area contributed by atoms with E-state index in [0.717, 1.165) is 68.6 Å². The molecule has 8 heteroatoms. The fourth-order valence-corrected chi connectivity index (χ4v) is 6.12. The minimum Gasteiger partial charge on any atom is -0.480 e. The number of benzene rings is 1. The van der Waals surface area contributed by atoms with Crippen molar-refractivity contribution in [3.8, 4) is 0 Å². The van der Waals surface area contributed by atoms with Crippen LogP contribution in [0, 0.1) is 11.7 Å². The van der Waals surface area contributed by atoms with E-state index in [1.807, 2.05) is 0 Å². The molecule has 3 aliphatic rings. The molecule has 2 fully saturated rings. The van der Waals surface area contributed by atoms with Gasteiger partial charge in [-0.25, -0.2) is 13.8 Å². The second kappa shape index (κ2) is 11.9. The highest BCUT2D eigenvalue weighted by Crippen LogP contribution is 2.38. The van der Waals surface area contributed by atoms with Crippen LogP contribution in [-0.2, 0) is 22.4 Å². The number of aromatic nitrogens is 1. The van der Waals surface area contributed by atoms with Gasteiger partial charge >= 0.3 is 5.97 Å². The third-order valence-electron chi connectivity index (χ3n) is 8.10. The minimum absolute atomic E-state index is 0.215. The zero-order chi connectivity index (χ0) is 25.8. The van der Waals surface area contributed by atoms with Crippen molar-refractivity contribution in [3.05, 3.63) is 58.5 Å². The number of halogens is 2. The molecule has 37 heavy (non-hydrogen) atoms. The number of unbranched alkanes of at least 4 members (excludes halogenated alkanes) is 1. The first-order valence-corrected chi connectivity index (χ1v) is 13.7. The molecule has 2 aromatic rings. The van der Waals surface area contributed by atoms with Gasteiger partial charge in [0.25, 0.3) is 0 Å². The van der Waals surface area contributed by atoms with Crippen LogP contribution in [0.3, 0.4) is 0 Å². The van der Waals surface area contributed by atoms with Gasteiger partial charge in [-0.2, -0.15) is 0 Å². The van der Waals surface area contributed by atoms with Crippen LogP contribution in [0.5, 0.6) is 0 Å². The van der Waals surface area contributed by atoms with E-state index in [9.17, 15) is 14.3 Å². The predicted octanol–water partition coefficient (Wildman–Crippen LogP) is 5.63. The number of likely N-dealkylation sites (tertiary alicyclic amines) is 1. The number of aliphatic carboxylic acids is 1. The molecule has 4 heterocycles. The van der Waals surface area contributed by atoms with E-state index < -0.39 is 24.0 Å². The number of ether oxygens (including phenoxy) is 1. The first kappa shape index (κ1) is 26.0. The van der Waals surface area contributed by atoms with E-state index in [-0.39, 0.29) is 12.0 Å². The molecule has 0 radical (unpaired) electrons. The van der Waals surface area contributed by atoms with Crippen LogP contribution >= 0.6 is 0 Å². The number of carbonyl (C=O) groups is 1. The van der Waals surface area contributed by atoms with E-state index in [1.54, 1.807) is 11.0 Å². The Labute approximate surface area is 217 Å².